The highest BCUT2D eigenvalue weighted by molar-refractivity contribution is 6.30. The molecule has 0 atom stereocenters. The van der Waals surface area contributed by atoms with E-state index in [-0.39, 0.29) is 5.56 Å². The molecule has 0 fully saturated rings. The summed E-state index contributed by atoms with van der Waals surface area (Å²) in [6.07, 6.45) is -1.15. The van der Waals surface area contributed by atoms with Gasteiger partial charge in [0.1, 0.15) is 0 Å². The van der Waals surface area contributed by atoms with Crippen molar-refractivity contribution in [3.8, 4) is 22.4 Å². The van der Waals surface area contributed by atoms with Gasteiger partial charge in [-0.25, -0.2) is 9.50 Å². The number of carbonyl (C=O) groups excluding carboxylic acids is 1. The number of hydrogen-bond donors (Lipinski definition) is 1. The van der Waals surface area contributed by atoms with Crippen LogP contribution in [0.5, 0.6) is 0 Å². The average Bonchev–Trinajstić information content (AvgIpc) is 3.28. The predicted molar refractivity (Wildman–Crippen MR) is 128 cm³/mol. The van der Waals surface area contributed by atoms with Crippen LogP contribution in [0.15, 0.2) is 91.3 Å². The lowest BCUT2D eigenvalue weighted by Gasteiger charge is -2.11. The van der Waals surface area contributed by atoms with Crippen molar-refractivity contribution in [1.29, 1.82) is 0 Å². The third-order valence-corrected chi connectivity index (χ3v) is 5.68. The Balaban J connectivity index is 1.46. The molecule has 0 saturated heterocycles. The smallest absolute Gasteiger partial charge is 0.322 e. The van der Waals surface area contributed by atoms with Crippen molar-refractivity contribution in [3.63, 3.8) is 0 Å². The maximum absolute atomic E-state index is 13.0. The first-order chi connectivity index (χ1) is 16.8. The van der Waals surface area contributed by atoms with E-state index in [0.717, 1.165) is 34.5 Å². The first-order valence-corrected chi connectivity index (χ1v) is 10.9. The fourth-order valence-corrected chi connectivity index (χ4v) is 3.87. The number of amides is 1. The molecule has 0 saturated carbocycles. The van der Waals surface area contributed by atoms with Gasteiger partial charge >= 0.3 is 6.18 Å². The molecule has 0 bridgehead atoms. The maximum atomic E-state index is 13.0. The maximum Gasteiger partial charge on any atom is 0.416 e. The molecule has 0 unspecified atom stereocenters. The van der Waals surface area contributed by atoms with Gasteiger partial charge in [-0.2, -0.15) is 18.3 Å². The van der Waals surface area contributed by atoms with Crippen LogP contribution in [0, 0.1) is 0 Å². The SMILES string of the molecule is O=C(Nc1cccc(-c2ccnc3c(-c4ccc(Cl)cc4)cnn23)c1)c1cccc(C(F)(F)F)c1. The second kappa shape index (κ2) is 8.88. The highest BCUT2D eigenvalue weighted by Crippen LogP contribution is 2.31. The normalized spacial score (nSPS) is 11.5. The Morgan fingerprint density at radius 2 is 1.69 bits per heavy atom. The Morgan fingerprint density at radius 1 is 0.914 bits per heavy atom. The third-order valence-electron chi connectivity index (χ3n) is 5.42. The number of rotatable bonds is 4. The number of fused-ring (bicyclic) bond motifs is 1. The van der Waals surface area contributed by atoms with Crippen LogP contribution >= 0.6 is 11.6 Å². The zero-order chi connectivity index (χ0) is 24.6. The number of anilines is 1. The summed E-state index contributed by atoms with van der Waals surface area (Å²) in [7, 11) is 0. The Hall–Kier alpha value is -4.17. The topological polar surface area (TPSA) is 59.3 Å². The zero-order valence-electron chi connectivity index (χ0n) is 17.9. The van der Waals surface area contributed by atoms with Crippen LogP contribution in [0.3, 0.4) is 0 Å². The van der Waals surface area contributed by atoms with Gasteiger partial charge in [-0.3, -0.25) is 4.79 Å². The van der Waals surface area contributed by atoms with Gasteiger partial charge in [-0.15, -0.1) is 0 Å². The molecular weight excluding hydrogens is 477 g/mol. The van der Waals surface area contributed by atoms with Gasteiger partial charge < -0.3 is 5.32 Å². The molecule has 2 heterocycles. The summed E-state index contributed by atoms with van der Waals surface area (Å²) in [6, 6.07) is 20.4. The molecule has 5 rings (SSSR count). The van der Waals surface area contributed by atoms with Crippen LogP contribution in [0.25, 0.3) is 28.0 Å². The van der Waals surface area contributed by atoms with Gasteiger partial charge in [0, 0.05) is 33.6 Å². The van der Waals surface area contributed by atoms with Gasteiger partial charge in [-0.05, 0) is 54.1 Å². The molecule has 2 aromatic heterocycles. The van der Waals surface area contributed by atoms with E-state index in [1.165, 1.54) is 12.1 Å². The molecule has 5 nitrogen and oxygen atoms in total. The highest BCUT2D eigenvalue weighted by atomic mass is 35.5. The third kappa shape index (κ3) is 4.61. The number of hydrogen-bond acceptors (Lipinski definition) is 3. The monoisotopic (exact) mass is 492 g/mol. The number of halogens is 4. The Labute approximate surface area is 202 Å². The molecular formula is C26H16ClF3N4O. The molecule has 174 valence electrons. The van der Waals surface area contributed by atoms with E-state index in [4.69, 9.17) is 11.6 Å². The minimum Gasteiger partial charge on any atom is -0.322 e. The molecule has 5 aromatic rings. The predicted octanol–water partition coefficient (Wildman–Crippen LogP) is 6.99. The summed E-state index contributed by atoms with van der Waals surface area (Å²) in [5.74, 6) is -0.641. The van der Waals surface area contributed by atoms with Crippen molar-refractivity contribution in [3.05, 3.63) is 107 Å². The van der Waals surface area contributed by atoms with Crippen molar-refractivity contribution in [1.82, 2.24) is 14.6 Å². The van der Waals surface area contributed by atoms with E-state index in [0.29, 0.717) is 16.4 Å². The largest absolute Gasteiger partial charge is 0.416 e. The van der Waals surface area contributed by atoms with E-state index in [2.05, 4.69) is 15.4 Å². The van der Waals surface area contributed by atoms with E-state index in [1.54, 1.807) is 53.3 Å². The van der Waals surface area contributed by atoms with E-state index < -0.39 is 17.6 Å². The standard InChI is InChI=1S/C26H16ClF3N4O/c27-20-9-7-16(8-10-20)22-15-32-34-23(11-12-31-24(22)34)17-3-2-6-21(14-17)33-25(35)18-4-1-5-19(13-18)26(28,29)30/h1-15H,(H,33,35). The van der Waals surface area contributed by atoms with Crippen molar-refractivity contribution in [2.45, 2.75) is 6.18 Å². The Morgan fingerprint density at radius 3 is 2.46 bits per heavy atom. The summed E-state index contributed by atoms with van der Waals surface area (Å²) in [4.78, 5) is 17.1. The van der Waals surface area contributed by atoms with Crippen molar-refractivity contribution >= 4 is 28.8 Å². The van der Waals surface area contributed by atoms with E-state index in [1.807, 2.05) is 18.2 Å². The van der Waals surface area contributed by atoms with Crippen LogP contribution in [0.2, 0.25) is 5.02 Å². The summed E-state index contributed by atoms with van der Waals surface area (Å²) >= 11 is 6.00. The van der Waals surface area contributed by atoms with Crippen molar-refractivity contribution in [2.75, 3.05) is 5.32 Å². The molecule has 0 aliphatic heterocycles. The quantitative estimate of drug-likeness (QED) is 0.294. The summed E-state index contributed by atoms with van der Waals surface area (Å²) in [5.41, 5.74) is 3.32. The number of nitrogens with one attached hydrogen (secondary N) is 1. The van der Waals surface area contributed by atoms with Crippen LogP contribution in [0.4, 0.5) is 18.9 Å². The van der Waals surface area contributed by atoms with E-state index >= 15 is 0 Å². The lowest BCUT2D eigenvalue weighted by Crippen LogP contribution is -2.14. The lowest BCUT2D eigenvalue weighted by molar-refractivity contribution is -0.137. The number of nitrogens with zero attached hydrogens (tertiary/aromatic N) is 3. The summed E-state index contributed by atoms with van der Waals surface area (Å²) < 4.78 is 40.7. The van der Waals surface area contributed by atoms with Gasteiger partial charge in [0.2, 0.25) is 0 Å². The van der Waals surface area contributed by atoms with Crippen LogP contribution < -0.4 is 5.32 Å². The minimum atomic E-state index is -4.53. The van der Waals surface area contributed by atoms with Crippen LogP contribution in [0.1, 0.15) is 15.9 Å². The van der Waals surface area contributed by atoms with Gasteiger partial charge in [0.05, 0.1) is 17.5 Å². The summed E-state index contributed by atoms with van der Waals surface area (Å²) in [6.45, 7) is 0. The van der Waals surface area contributed by atoms with Crippen LogP contribution in [-0.2, 0) is 6.18 Å². The fraction of sp³-hybridized carbons (Fsp3) is 0.0385. The molecule has 3 aromatic carbocycles. The molecule has 0 radical (unpaired) electrons. The van der Waals surface area contributed by atoms with Crippen molar-refractivity contribution < 1.29 is 18.0 Å². The molecule has 0 spiro atoms. The molecule has 9 heteroatoms. The van der Waals surface area contributed by atoms with E-state index in [9.17, 15) is 18.0 Å². The second-order valence-electron chi connectivity index (χ2n) is 7.74. The van der Waals surface area contributed by atoms with Gasteiger partial charge in [-0.1, -0.05) is 41.9 Å². The minimum absolute atomic E-state index is 0.0868. The molecule has 0 aliphatic carbocycles. The lowest BCUT2D eigenvalue weighted by atomic mass is 10.1. The number of benzene rings is 3. The van der Waals surface area contributed by atoms with Gasteiger partial charge in [0.25, 0.3) is 5.91 Å². The zero-order valence-corrected chi connectivity index (χ0v) is 18.7. The molecule has 0 aliphatic rings. The average molecular weight is 493 g/mol. The number of carbonyl (C=O) groups is 1. The second-order valence-corrected chi connectivity index (χ2v) is 8.18. The molecule has 1 amide bonds. The molecule has 1 N–H and O–H groups in total. The first-order valence-electron chi connectivity index (χ1n) is 10.5. The summed E-state index contributed by atoms with van der Waals surface area (Å²) in [5, 5.41) is 7.79. The highest BCUT2D eigenvalue weighted by Gasteiger charge is 2.30. The number of alkyl halides is 3. The molecule has 35 heavy (non-hydrogen) atoms. The Kier molecular flexibility index (Phi) is 5.74. The number of aromatic nitrogens is 3. The van der Waals surface area contributed by atoms with Crippen LogP contribution in [-0.4, -0.2) is 20.5 Å². The van der Waals surface area contributed by atoms with Gasteiger partial charge in [0.15, 0.2) is 5.65 Å². The fourth-order valence-electron chi connectivity index (χ4n) is 3.74. The Bertz CT molecular complexity index is 1540. The first kappa shape index (κ1) is 22.6. The van der Waals surface area contributed by atoms with Crippen molar-refractivity contribution in [2.24, 2.45) is 0 Å².